The molecule has 0 saturated carbocycles. The summed E-state index contributed by atoms with van der Waals surface area (Å²) in [4.78, 5) is 28.2. The molecule has 1 saturated heterocycles. The molecule has 1 aromatic heterocycles. The second kappa shape index (κ2) is 8.27. The van der Waals surface area contributed by atoms with E-state index in [0.717, 1.165) is 36.6 Å². The minimum absolute atomic E-state index is 0.0496. The normalized spacial score (nSPS) is 16.4. The third-order valence-corrected chi connectivity index (χ3v) is 5.53. The maximum Gasteiger partial charge on any atom is 0.275 e. The van der Waals surface area contributed by atoms with Crippen LogP contribution in [0.5, 0.6) is 0 Å². The van der Waals surface area contributed by atoms with Gasteiger partial charge < -0.3 is 15.1 Å². The van der Waals surface area contributed by atoms with Crippen LogP contribution in [0.1, 0.15) is 23.4 Å². The number of nitrogens with zero attached hydrogens (tertiary/aromatic N) is 1. The van der Waals surface area contributed by atoms with Crippen molar-refractivity contribution >= 4 is 23.2 Å². The van der Waals surface area contributed by atoms with Gasteiger partial charge in [0.1, 0.15) is 0 Å². The average Bonchev–Trinajstić information content (AvgIpc) is 3.15. The molecule has 2 amide bonds. The van der Waals surface area contributed by atoms with Gasteiger partial charge in [0.2, 0.25) is 5.91 Å². The van der Waals surface area contributed by atoms with Crippen LogP contribution in [-0.2, 0) is 9.59 Å². The maximum absolute atomic E-state index is 12.6. The van der Waals surface area contributed by atoms with E-state index in [0.29, 0.717) is 6.54 Å². The number of hydrogen-bond acceptors (Lipinski definition) is 3. The number of hydrogen-bond donors (Lipinski definition) is 2. The van der Waals surface area contributed by atoms with Gasteiger partial charge in [0, 0.05) is 11.8 Å². The van der Waals surface area contributed by atoms with E-state index in [1.807, 2.05) is 46.7 Å². The molecule has 0 aliphatic carbocycles. The fraction of sp³-hybridized carbons (Fsp3) is 0.368. The molecule has 1 aliphatic rings. The molecule has 0 unspecified atom stereocenters. The molecule has 1 aliphatic heterocycles. The van der Waals surface area contributed by atoms with Crippen molar-refractivity contribution in [3.8, 4) is 0 Å². The van der Waals surface area contributed by atoms with Crippen LogP contribution in [-0.4, -0.2) is 49.4 Å². The fourth-order valence-electron chi connectivity index (χ4n) is 3.17. The Morgan fingerprint density at radius 2 is 1.88 bits per heavy atom. The Hall–Kier alpha value is -2.18. The molecule has 5 nitrogen and oxygen atoms in total. The third kappa shape index (κ3) is 4.67. The zero-order chi connectivity index (χ0) is 17.6. The van der Waals surface area contributed by atoms with Crippen molar-refractivity contribution in [3.63, 3.8) is 0 Å². The van der Waals surface area contributed by atoms with E-state index in [1.54, 1.807) is 18.3 Å². The van der Waals surface area contributed by atoms with E-state index in [4.69, 9.17) is 0 Å². The predicted molar refractivity (Wildman–Crippen MR) is 98.6 cm³/mol. The third-order valence-electron chi connectivity index (χ3n) is 4.59. The summed E-state index contributed by atoms with van der Waals surface area (Å²) in [5.41, 5.74) is 1.09. The van der Waals surface area contributed by atoms with Gasteiger partial charge in [0.05, 0.1) is 32.2 Å². The first kappa shape index (κ1) is 17.6. The number of benzene rings is 1. The van der Waals surface area contributed by atoms with Crippen molar-refractivity contribution in [3.05, 3.63) is 58.3 Å². The Morgan fingerprint density at radius 1 is 1.16 bits per heavy atom. The molecule has 132 valence electrons. The minimum atomic E-state index is -0.105. The molecule has 25 heavy (non-hydrogen) atoms. The molecule has 2 heterocycles. The molecule has 6 heteroatoms. The number of carbonyl (C=O) groups is 2. The highest BCUT2D eigenvalue weighted by Gasteiger charge is 2.25. The number of carbonyl (C=O) groups excluding carboxylic acids is 2. The van der Waals surface area contributed by atoms with Crippen LogP contribution in [0.3, 0.4) is 0 Å². The average molecular weight is 358 g/mol. The number of thiophene rings is 1. The lowest BCUT2D eigenvalue weighted by molar-refractivity contribution is -0.896. The minimum Gasteiger partial charge on any atom is -0.339 e. The molecular weight excluding hydrogens is 334 g/mol. The van der Waals surface area contributed by atoms with Crippen molar-refractivity contribution in [2.45, 2.75) is 13.0 Å². The Kier molecular flexibility index (Phi) is 5.83. The first-order valence-electron chi connectivity index (χ1n) is 8.60. The maximum atomic E-state index is 12.6. The Labute approximate surface area is 152 Å². The first-order valence-corrected chi connectivity index (χ1v) is 9.48. The molecule has 1 fully saturated rings. The Morgan fingerprint density at radius 3 is 2.48 bits per heavy atom. The molecule has 2 aromatic rings. The van der Waals surface area contributed by atoms with Gasteiger partial charge in [-0.3, -0.25) is 9.59 Å². The van der Waals surface area contributed by atoms with Crippen LogP contribution in [0, 0.1) is 0 Å². The van der Waals surface area contributed by atoms with Crippen LogP contribution in [0.25, 0.3) is 0 Å². The van der Waals surface area contributed by atoms with Gasteiger partial charge in [0.15, 0.2) is 6.54 Å². The summed E-state index contributed by atoms with van der Waals surface area (Å²) in [6.45, 7) is 5.14. The predicted octanol–water partition coefficient (Wildman–Crippen LogP) is 0.701. The van der Waals surface area contributed by atoms with Crippen LogP contribution >= 0.6 is 11.3 Å². The van der Waals surface area contributed by atoms with Crippen LogP contribution in [0.2, 0.25) is 0 Å². The molecule has 2 N–H and O–H groups in total. The molecule has 0 radical (unpaired) electrons. The number of amides is 2. The SMILES string of the molecule is CC(=O)N1CC[NH+](CC(=O)N[C@@H](c2ccccc2)c2cccs2)CC1. The van der Waals surface area contributed by atoms with E-state index in [1.165, 1.54) is 4.90 Å². The van der Waals surface area contributed by atoms with Crippen molar-refractivity contribution in [2.24, 2.45) is 0 Å². The first-order chi connectivity index (χ1) is 12.1. The van der Waals surface area contributed by atoms with E-state index < -0.39 is 0 Å². The lowest BCUT2D eigenvalue weighted by Crippen LogP contribution is -3.15. The summed E-state index contributed by atoms with van der Waals surface area (Å²) in [6.07, 6.45) is 0. The van der Waals surface area contributed by atoms with Gasteiger partial charge in [-0.1, -0.05) is 36.4 Å². The van der Waals surface area contributed by atoms with Gasteiger partial charge in [-0.2, -0.15) is 0 Å². The number of piperazine rings is 1. The Balaban J connectivity index is 1.61. The molecule has 1 atom stereocenters. The topological polar surface area (TPSA) is 53.9 Å². The van der Waals surface area contributed by atoms with Crippen molar-refractivity contribution in [1.82, 2.24) is 10.2 Å². The van der Waals surface area contributed by atoms with Crippen LogP contribution in [0.15, 0.2) is 47.8 Å². The van der Waals surface area contributed by atoms with E-state index in [2.05, 4.69) is 11.4 Å². The van der Waals surface area contributed by atoms with Crippen LogP contribution < -0.4 is 10.2 Å². The summed E-state index contributed by atoms with van der Waals surface area (Å²) in [7, 11) is 0. The summed E-state index contributed by atoms with van der Waals surface area (Å²) >= 11 is 1.65. The summed E-state index contributed by atoms with van der Waals surface area (Å²) in [5.74, 6) is 0.166. The van der Waals surface area contributed by atoms with E-state index >= 15 is 0 Å². The lowest BCUT2D eigenvalue weighted by Gasteiger charge is -2.31. The summed E-state index contributed by atoms with van der Waals surface area (Å²) in [6, 6.07) is 14.0. The highest BCUT2D eigenvalue weighted by molar-refractivity contribution is 7.10. The fourth-order valence-corrected chi connectivity index (χ4v) is 3.98. The summed E-state index contributed by atoms with van der Waals surface area (Å²) in [5, 5.41) is 5.22. The van der Waals surface area contributed by atoms with E-state index in [9.17, 15) is 9.59 Å². The van der Waals surface area contributed by atoms with Gasteiger partial charge in [-0.05, 0) is 17.0 Å². The second-order valence-electron chi connectivity index (χ2n) is 6.36. The molecule has 3 rings (SSSR count). The van der Waals surface area contributed by atoms with Crippen molar-refractivity contribution in [2.75, 3.05) is 32.7 Å². The van der Waals surface area contributed by atoms with Gasteiger partial charge in [0.25, 0.3) is 5.91 Å². The van der Waals surface area contributed by atoms with Gasteiger partial charge in [-0.15, -0.1) is 11.3 Å². The van der Waals surface area contributed by atoms with Crippen molar-refractivity contribution < 1.29 is 14.5 Å². The largest absolute Gasteiger partial charge is 0.339 e. The quantitative estimate of drug-likeness (QED) is 0.827. The van der Waals surface area contributed by atoms with Crippen LogP contribution in [0.4, 0.5) is 0 Å². The number of rotatable bonds is 5. The molecule has 1 aromatic carbocycles. The zero-order valence-corrected chi connectivity index (χ0v) is 15.2. The standard InChI is InChI=1S/C19H23N3O2S/c1-15(23)22-11-9-21(10-12-22)14-18(24)20-19(17-8-5-13-25-17)16-6-3-2-4-7-16/h2-8,13,19H,9-12,14H2,1H3,(H,20,24)/p+1/t19-/m0/s1. The molecule has 0 bridgehead atoms. The summed E-state index contributed by atoms with van der Waals surface area (Å²) < 4.78 is 0. The van der Waals surface area contributed by atoms with Gasteiger partial charge >= 0.3 is 0 Å². The Bertz CT molecular complexity index is 695. The monoisotopic (exact) mass is 358 g/mol. The molecule has 0 spiro atoms. The zero-order valence-electron chi connectivity index (χ0n) is 14.4. The highest BCUT2D eigenvalue weighted by atomic mass is 32.1. The smallest absolute Gasteiger partial charge is 0.275 e. The lowest BCUT2D eigenvalue weighted by atomic mass is 10.1. The number of nitrogens with one attached hydrogen (secondary N) is 2. The van der Waals surface area contributed by atoms with Gasteiger partial charge in [-0.25, -0.2) is 0 Å². The highest BCUT2D eigenvalue weighted by Crippen LogP contribution is 2.25. The number of quaternary nitrogens is 1. The second-order valence-corrected chi connectivity index (χ2v) is 7.34. The molecular formula is C19H24N3O2S+. The van der Waals surface area contributed by atoms with E-state index in [-0.39, 0.29) is 17.9 Å². The van der Waals surface area contributed by atoms with Crippen molar-refractivity contribution in [1.29, 1.82) is 0 Å².